The minimum Gasteiger partial charge on any atom is -0.316 e. The molecule has 5 rings (SSSR count). The van der Waals surface area contributed by atoms with Crippen molar-refractivity contribution in [3.05, 3.63) is 0 Å². The lowest BCUT2D eigenvalue weighted by Crippen LogP contribution is -2.44. The average Bonchev–Trinajstić information content (AvgIpc) is 2.55. The van der Waals surface area contributed by atoms with Gasteiger partial charge in [-0.1, -0.05) is 0 Å². The van der Waals surface area contributed by atoms with Gasteiger partial charge in [0.15, 0.2) is 0 Å². The summed E-state index contributed by atoms with van der Waals surface area (Å²) in [6.07, 6.45) is 10.6. The van der Waals surface area contributed by atoms with Crippen LogP contribution in [0.3, 0.4) is 0 Å². The zero-order valence-corrected chi connectivity index (χ0v) is 12.8. The number of hydrogen-bond donors (Lipinski definition) is 1. The Balaban J connectivity index is 0.00000110. The Bertz CT molecular complexity index is 289. The fraction of sp³-hybridized carbons (Fsp3) is 1.00. The number of halogens is 1. The van der Waals surface area contributed by atoms with Crippen molar-refractivity contribution in [1.29, 1.82) is 0 Å². The number of piperidine rings is 1. The summed E-state index contributed by atoms with van der Waals surface area (Å²) in [6.45, 7) is 5.37. The molecule has 4 bridgehead atoms. The molecular weight excluding hydrogens is 256 g/mol. The van der Waals surface area contributed by atoms with E-state index < -0.39 is 0 Å². The van der Waals surface area contributed by atoms with Gasteiger partial charge in [-0.05, 0) is 81.7 Å². The molecule has 110 valence electrons. The van der Waals surface area contributed by atoms with Gasteiger partial charge in [-0.15, -0.1) is 12.4 Å². The summed E-state index contributed by atoms with van der Waals surface area (Å²) in [5.41, 5.74) is 0. The molecule has 5 aliphatic rings. The van der Waals surface area contributed by atoms with Crippen molar-refractivity contribution in [2.75, 3.05) is 26.2 Å². The molecular formula is C16H29ClN2. The quantitative estimate of drug-likeness (QED) is 0.839. The van der Waals surface area contributed by atoms with Crippen LogP contribution in [0.15, 0.2) is 0 Å². The molecule has 3 unspecified atom stereocenters. The highest BCUT2D eigenvalue weighted by atomic mass is 35.5. The van der Waals surface area contributed by atoms with E-state index in [0.717, 1.165) is 29.7 Å². The molecule has 2 saturated carbocycles. The van der Waals surface area contributed by atoms with Crippen LogP contribution < -0.4 is 5.32 Å². The molecule has 0 amide bonds. The van der Waals surface area contributed by atoms with E-state index in [4.69, 9.17) is 0 Å². The largest absolute Gasteiger partial charge is 0.316 e. The standard InChI is InChI=1S/C16H28N2.ClH/c1-2-12(9-17-3-1)10-18-11-15-5-13-4-14(6-15)8-16(18)7-13;/h12-17H,1-11H2;1H. The first-order chi connectivity index (χ1) is 8.87. The van der Waals surface area contributed by atoms with Crippen LogP contribution in [0.2, 0.25) is 0 Å². The second-order valence-electron chi connectivity index (χ2n) is 7.60. The van der Waals surface area contributed by atoms with Crippen molar-refractivity contribution in [2.45, 2.75) is 51.0 Å². The minimum absolute atomic E-state index is 0. The van der Waals surface area contributed by atoms with Crippen LogP contribution in [-0.2, 0) is 0 Å². The van der Waals surface area contributed by atoms with E-state index in [9.17, 15) is 0 Å². The summed E-state index contributed by atoms with van der Waals surface area (Å²) in [6, 6.07) is 0.961. The van der Waals surface area contributed by atoms with Gasteiger partial charge in [-0.2, -0.15) is 0 Å². The first kappa shape index (κ1) is 14.2. The number of rotatable bonds is 2. The van der Waals surface area contributed by atoms with Crippen LogP contribution in [-0.4, -0.2) is 37.1 Å². The van der Waals surface area contributed by atoms with Gasteiger partial charge in [0.1, 0.15) is 0 Å². The molecule has 0 spiro atoms. The molecule has 19 heavy (non-hydrogen) atoms. The molecule has 3 aliphatic heterocycles. The molecule has 0 aromatic rings. The van der Waals surface area contributed by atoms with E-state index in [1.807, 2.05) is 0 Å². The number of hydrogen-bond acceptors (Lipinski definition) is 2. The van der Waals surface area contributed by atoms with Crippen molar-refractivity contribution in [2.24, 2.45) is 23.7 Å². The van der Waals surface area contributed by atoms with E-state index in [2.05, 4.69) is 10.2 Å². The summed E-state index contributed by atoms with van der Waals surface area (Å²) < 4.78 is 0. The van der Waals surface area contributed by atoms with Crippen LogP contribution in [0.5, 0.6) is 0 Å². The van der Waals surface area contributed by atoms with E-state index in [1.54, 1.807) is 19.3 Å². The predicted molar refractivity (Wildman–Crippen MR) is 81.8 cm³/mol. The summed E-state index contributed by atoms with van der Waals surface area (Å²) in [5, 5.41) is 3.59. The first-order valence-corrected chi connectivity index (χ1v) is 8.31. The number of nitrogens with one attached hydrogen (secondary N) is 1. The number of fused-ring (bicyclic) bond motifs is 1. The molecule has 0 aromatic carbocycles. The highest BCUT2D eigenvalue weighted by Gasteiger charge is 2.42. The molecule has 0 radical (unpaired) electrons. The third-order valence-corrected chi connectivity index (χ3v) is 6.11. The molecule has 3 saturated heterocycles. The highest BCUT2D eigenvalue weighted by molar-refractivity contribution is 5.85. The molecule has 2 aliphatic carbocycles. The summed E-state index contributed by atoms with van der Waals surface area (Å²) in [7, 11) is 0. The lowest BCUT2D eigenvalue weighted by atomic mass is 9.68. The normalized spacial score (nSPS) is 45.8. The van der Waals surface area contributed by atoms with E-state index in [0.29, 0.717) is 0 Å². The van der Waals surface area contributed by atoms with Crippen LogP contribution in [0.4, 0.5) is 0 Å². The van der Waals surface area contributed by atoms with Crippen molar-refractivity contribution in [3.8, 4) is 0 Å². The Kier molecular flexibility index (Phi) is 4.40. The van der Waals surface area contributed by atoms with Crippen LogP contribution in [0.1, 0.15) is 44.9 Å². The highest BCUT2D eigenvalue weighted by Crippen LogP contribution is 2.47. The summed E-state index contributed by atoms with van der Waals surface area (Å²) in [4.78, 5) is 2.92. The Labute approximate surface area is 124 Å². The maximum Gasteiger partial charge on any atom is 0.0101 e. The van der Waals surface area contributed by atoms with Gasteiger partial charge in [0.05, 0.1) is 0 Å². The second kappa shape index (κ2) is 5.91. The van der Waals surface area contributed by atoms with Gasteiger partial charge in [0.25, 0.3) is 0 Å². The van der Waals surface area contributed by atoms with Crippen LogP contribution >= 0.6 is 12.4 Å². The zero-order chi connectivity index (χ0) is 11.9. The molecule has 5 fully saturated rings. The second-order valence-corrected chi connectivity index (χ2v) is 7.60. The molecule has 0 aromatic heterocycles. The zero-order valence-electron chi connectivity index (χ0n) is 12.0. The van der Waals surface area contributed by atoms with E-state index in [1.165, 1.54) is 51.9 Å². The molecule has 3 heteroatoms. The van der Waals surface area contributed by atoms with Crippen LogP contribution in [0.25, 0.3) is 0 Å². The molecule has 1 N–H and O–H groups in total. The molecule has 3 heterocycles. The number of nitrogens with zero attached hydrogens (tertiary/aromatic N) is 1. The van der Waals surface area contributed by atoms with Gasteiger partial charge in [-0.3, -0.25) is 4.90 Å². The predicted octanol–water partition coefficient (Wildman–Crippen LogP) is 2.92. The maximum absolute atomic E-state index is 3.59. The van der Waals surface area contributed by atoms with E-state index >= 15 is 0 Å². The maximum atomic E-state index is 3.59. The van der Waals surface area contributed by atoms with Crippen molar-refractivity contribution in [1.82, 2.24) is 10.2 Å². The third-order valence-electron chi connectivity index (χ3n) is 6.11. The summed E-state index contributed by atoms with van der Waals surface area (Å²) >= 11 is 0. The van der Waals surface area contributed by atoms with E-state index in [-0.39, 0.29) is 12.4 Å². The fourth-order valence-electron chi connectivity index (χ4n) is 5.52. The van der Waals surface area contributed by atoms with Gasteiger partial charge in [0, 0.05) is 19.1 Å². The third kappa shape index (κ3) is 2.96. The Morgan fingerprint density at radius 3 is 2.37 bits per heavy atom. The fourth-order valence-corrected chi connectivity index (χ4v) is 5.52. The minimum atomic E-state index is 0. The Morgan fingerprint density at radius 2 is 1.68 bits per heavy atom. The Hall–Kier alpha value is 0.210. The SMILES string of the molecule is C1CNCC(CN2CC3CC4CC(C3)CC2C4)C1.Cl. The lowest BCUT2D eigenvalue weighted by Gasteiger charge is -2.40. The molecule has 2 nitrogen and oxygen atoms in total. The smallest absolute Gasteiger partial charge is 0.0101 e. The van der Waals surface area contributed by atoms with Crippen LogP contribution in [0, 0.1) is 23.7 Å². The topological polar surface area (TPSA) is 15.3 Å². The Morgan fingerprint density at radius 1 is 0.947 bits per heavy atom. The summed E-state index contributed by atoms with van der Waals surface area (Å²) in [5.74, 6) is 4.19. The van der Waals surface area contributed by atoms with Gasteiger partial charge < -0.3 is 5.32 Å². The van der Waals surface area contributed by atoms with Crippen molar-refractivity contribution in [3.63, 3.8) is 0 Å². The average molecular weight is 285 g/mol. The van der Waals surface area contributed by atoms with Gasteiger partial charge in [-0.25, -0.2) is 0 Å². The van der Waals surface area contributed by atoms with Gasteiger partial charge in [0.2, 0.25) is 0 Å². The monoisotopic (exact) mass is 284 g/mol. The van der Waals surface area contributed by atoms with Crippen molar-refractivity contribution < 1.29 is 0 Å². The lowest BCUT2D eigenvalue weighted by molar-refractivity contribution is 0.111. The first-order valence-electron chi connectivity index (χ1n) is 8.31. The van der Waals surface area contributed by atoms with Gasteiger partial charge >= 0.3 is 0 Å². The molecule has 3 atom stereocenters. The van der Waals surface area contributed by atoms with Crippen molar-refractivity contribution >= 4 is 12.4 Å².